The molecule has 0 radical (unpaired) electrons. The number of para-hydroxylation sites is 1. The summed E-state index contributed by atoms with van der Waals surface area (Å²) in [6.07, 6.45) is 0. The molecular weight excluding hydrogens is 405 g/mol. The second kappa shape index (κ2) is 6.91. The predicted molar refractivity (Wildman–Crippen MR) is 100 cm³/mol. The zero-order valence-electron chi connectivity index (χ0n) is 12.8. The number of hydrogen-bond acceptors (Lipinski definition) is 5. The van der Waals surface area contributed by atoms with Gasteiger partial charge in [-0.3, -0.25) is 0 Å². The lowest BCUT2D eigenvalue weighted by molar-refractivity contribution is -0.185. The number of hydrogen-bond donors (Lipinski definition) is 0. The highest BCUT2D eigenvalue weighted by Gasteiger charge is 2.41. The topological polar surface area (TPSA) is 40.6 Å². The summed E-state index contributed by atoms with van der Waals surface area (Å²) in [4.78, 5) is 4.43. The molecular formula is C17H12Cl3NO3S. The molecule has 4 rings (SSSR count). The van der Waals surface area contributed by atoms with Crippen LogP contribution >= 0.6 is 46.1 Å². The molecule has 0 N–H and O–H groups in total. The first kappa shape index (κ1) is 17.3. The lowest BCUT2D eigenvalue weighted by Crippen LogP contribution is -2.34. The molecule has 0 bridgehead atoms. The molecule has 130 valence electrons. The van der Waals surface area contributed by atoms with Crippen LogP contribution in [-0.4, -0.2) is 24.8 Å². The van der Waals surface area contributed by atoms with Crippen LogP contribution in [0.3, 0.4) is 0 Å². The van der Waals surface area contributed by atoms with Crippen LogP contribution in [0.15, 0.2) is 36.4 Å². The van der Waals surface area contributed by atoms with Gasteiger partial charge in [-0.15, -0.1) is 0 Å². The van der Waals surface area contributed by atoms with Crippen molar-refractivity contribution < 1.29 is 14.2 Å². The lowest BCUT2D eigenvalue weighted by atomic mass is 10.1. The van der Waals surface area contributed by atoms with Crippen molar-refractivity contribution in [2.75, 3.05) is 19.8 Å². The second-order valence-electron chi connectivity index (χ2n) is 5.43. The zero-order valence-corrected chi connectivity index (χ0v) is 15.9. The Morgan fingerprint density at radius 3 is 2.60 bits per heavy atom. The average Bonchev–Trinajstić information content (AvgIpc) is 3.21. The quantitative estimate of drug-likeness (QED) is 0.560. The number of nitrogens with zero attached hydrogens (tertiary/aromatic N) is 1. The summed E-state index contributed by atoms with van der Waals surface area (Å²) in [6.45, 7) is 1.02. The van der Waals surface area contributed by atoms with Crippen molar-refractivity contribution in [2.45, 2.75) is 5.79 Å². The van der Waals surface area contributed by atoms with Crippen molar-refractivity contribution in [1.29, 1.82) is 0 Å². The van der Waals surface area contributed by atoms with E-state index in [9.17, 15) is 0 Å². The molecule has 2 aromatic carbocycles. The van der Waals surface area contributed by atoms with Crippen LogP contribution in [0.25, 0.3) is 10.2 Å². The molecule has 25 heavy (non-hydrogen) atoms. The van der Waals surface area contributed by atoms with Gasteiger partial charge >= 0.3 is 0 Å². The molecule has 0 unspecified atom stereocenters. The van der Waals surface area contributed by atoms with Gasteiger partial charge in [0, 0.05) is 10.6 Å². The van der Waals surface area contributed by atoms with E-state index in [0.717, 1.165) is 10.2 Å². The van der Waals surface area contributed by atoms with Gasteiger partial charge in [-0.05, 0) is 24.3 Å². The van der Waals surface area contributed by atoms with E-state index < -0.39 is 5.79 Å². The Morgan fingerprint density at radius 2 is 1.88 bits per heavy atom. The Hall–Kier alpha value is -1.08. The molecule has 8 heteroatoms. The highest BCUT2D eigenvalue weighted by atomic mass is 35.5. The van der Waals surface area contributed by atoms with E-state index in [1.54, 1.807) is 24.3 Å². The Balaban J connectivity index is 1.62. The maximum Gasteiger partial charge on any atom is 0.274 e. The van der Waals surface area contributed by atoms with Gasteiger partial charge in [-0.2, -0.15) is 0 Å². The van der Waals surface area contributed by atoms with Crippen molar-refractivity contribution in [3.05, 3.63) is 57.0 Å². The third kappa shape index (κ3) is 3.33. The van der Waals surface area contributed by atoms with E-state index in [1.807, 2.05) is 12.1 Å². The van der Waals surface area contributed by atoms with Crippen LogP contribution in [0.5, 0.6) is 5.19 Å². The molecule has 2 heterocycles. The summed E-state index contributed by atoms with van der Waals surface area (Å²) in [6, 6.07) is 10.8. The minimum absolute atomic E-state index is 0.117. The monoisotopic (exact) mass is 415 g/mol. The molecule has 4 nitrogen and oxygen atoms in total. The zero-order chi connectivity index (χ0) is 17.4. The number of ether oxygens (including phenoxy) is 3. The minimum Gasteiger partial charge on any atom is -0.464 e. The van der Waals surface area contributed by atoms with Crippen molar-refractivity contribution in [3.63, 3.8) is 0 Å². The standard InChI is InChI=1S/C17H12Cl3NO3S/c18-10-4-5-11(13(20)8-10)17(23-6-7-24-17)9-22-16-21-15-12(19)2-1-3-14(15)25-16/h1-5,8H,6-7,9H2. The van der Waals surface area contributed by atoms with Crippen LogP contribution < -0.4 is 4.74 Å². The molecule has 0 spiro atoms. The largest absolute Gasteiger partial charge is 0.464 e. The van der Waals surface area contributed by atoms with E-state index in [-0.39, 0.29) is 6.61 Å². The molecule has 0 atom stereocenters. The number of fused-ring (bicyclic) bond motifs is 1. The molecule has 0 aliphatic carbocycles. The molecule has 1 aliphatic rings. The molecule has 0 amide bonds. The maximum atomic E-state index is 6.34. The Kier molecular flexibility index (Phi) is 4.79. The van der Waals surface area contributed by atoms with E-state index >= 15 is 0 Å². The van der Waals surface area contributed by atoms with Gasteiger partial charge in [0.15, 0.2) is 0 Å². The van der Waals surface area contributed by atoms with Gasteiger partial charge in [0.1, 0.15) is 12.1 Å². The van der Waals surface area contributed by atoms with Gasteiger partial charge in [-0.1, -0.05) is 58.3 Å². The molecule has 3 aromatic rings. The SMILES string of the molecule is Clc1ccc(C2(COc3nc4c(Cl)cccc4s3)OCCO2)c(Cl)c1. The van der Waals surface area contributed by atoms with Crippen molar-refractivity contribution >= 4 is 56.4 Å². The van der Waals surface area contributed by atoms with E-state index in [1.165, 1.54) is 11.3 Å². The fourth-order valence-electron chi connectivity index (χ4n) is 2.68. The first-order chi connectivity index (χ1) is 12.1. The normalized spacial score (nSPS) is 16.4. The van der Waals surface area contributed by atoms with Crippen LogP contribution in [0.4, 0.5) is 0 Å². The summed E-state index contributed by atoms with van der Waals surface area (Å²) < 4.78 is 18.5. The fraction of sp³-hybridized carbons (Fsp3) is 0.235. The van der Waals surface area contributed by atoms with Crippen LogP contribution in [0, 0.1) is 0 Å². The number of thiazole rings is 1. The highest BCUT2D eigenvalue weighted by Crippen LogP contribution is 2.39. The van der Waals surface area contributed by atoms with Gasteiger partial charge in [-0.25, -0.2) is 4.98 Å². The maximum absolute atomic E-state index is 6.34. The summed E-state index contributed by atoms with van der Waals surface area (Å²) in [5, 5.41) is 2.09. The van der Waals surface area contributed by atoms with Crippen molar-refractivity contribution in [2.24, 2.45) is 0 Å². The van der Waals surface area contributed by atoms with Crippen LogP contribution in [-0.2, 0) is 15.3 Å². The number of halogens is 3. The first-order valence-corrected chi connectivity index (χ1v) is 9.44. The minimum atomic E-state index is -1.08. The molecule has 1 fully saturated rings. The van der Waals surface area contributed by atoms with Crippen molar-refractivity contribution in [1.82, 2.24) is 4.98 Å². The van der Waals surface area contributed by atoms with Gasteiger partial charge in [0.2, 0.25) is 5.79 Å². The Morgan fingerprint density at radius 1 is 1.08 bits per heavy atom. The lowest BCUT2D eigenvalue weighted by Gasteiger charge is -2.28. The first-order valence-electron chi connectivity index (χ1n) is 7.49. The third-order valence-corrected chi connectivity index (χ3v) is 5.62. The van der Waals surface area contributed by atoms with Crippen LogP contribution in [0.1, 0.15) is 5.56 Å². The van der Waals surface area contributed by atoms with Gasteiger partial charge < -0.3 is 14.2 Å². The summed E-state index contributed by atoms with van der Waals surface area (Å²) >= 11 is 19.9. The molecule has 1 aliphatic heterocycles. The third-order valence-electron chi connectivity index (χ3n) is 3.83. The smallest absolute Gasteiger partial charge is 0.274 e. The van der Waals surface area contributed by atoms with E-state index in [0.29, 0.717) is 39.0 Å². The van der Waals surface area contributed by atoms with Gasteiger partial charge in [0.25, 0.3) is 5.19 Å². The van der Waals surface area contributed by atoms with Gasteiger partial charge in [0.05, 0.1) is 28.0 Å². The van der Waals surface area contributed by atoms with Crippen LogP contribution in [0.2, 0.25) is 15.1 Å². The number of benzene rings is 2. The molecule has 0 saturated carbocycles. The Labute approximate surface area is 163 Å². The number of aromatic nitrogens is 1. The average molecular weight is 417 g/mol. The molecule has 1 aromatic heterocycles. The summed E-state index contributed by atoms with van der Waals surface area (Å²) in [5.74, 6) is -1.08. The fourth-order valence-corrected chi connectivity index (χ4v) is 4.35. The van der Waals surface area contributed by atoms with E-state index in [4.69, 9.17) is 49.0 Å². The number of rotatable bonds is 4. The predicted octanol–water partition coefficient (Wildman–Crippen LogP) is 5.54. The van der Waals surface area contributed by atoms with E-state index in [2.05, 4.69) is 4.98 Å². The second-order valence-corrected chi connectivity index (χ2v) is 7.67. The van der Waals surface area contributed by atoms with Crippen molar-refractivity contribution in [3.8, 4) is 5.19 Å². The molecule has 1 saturated heterocycles. The summed E-state index contributed by atoms with van der Waals surface area (Å²) in [5.41, 5.74) is 1.39. The summed E-state index contributed by atoms with van der Waals surface area (Å²) in [7, 11) is 0. The Bertz CT molecular complexity index is 925. The highest BCUT2D eigenvalue weighted by molar-refractivity contribution is 7.20.